The average molecular weight is 408 g/mol. The standard InChI is InChI=1S/C25H33N3O2/c1-27-13-15-28(16-14-27)19-21-6-4-5-20(17-21)18-26-25(29)22-9-11-24(12-10-22)30-23-7-2-3-8-23/h4-6,9-12,17,23H,2-3,7-8,13-16,18-19H2,1H3,(H,26,29). The second-order valence-corrected chi connectivity index (χ2v) is 8.63. The van der Waals surface area contributed by atoms with E-state index in [9.17, 15) is 4.79 Å². The maximum absolute atomic E-state index is 12.5. The van der Waals surface area contributed by atoms with Gasteiger partial charge < -0.3 is 15.0 Å². The molecule has 0 radical (unpaired) electrons. The van der Waals surface area contributed by atoms with Crippen LogP contribution >= 0.6 is 0 Å². The summed E-state index contributed by atoms with van der Waals surface area (Å²) in [5.74, 6) is 0.807. The van der Waals surface area contributed by atoms with Gasteiger partial charge in [-0.2, -0.15) is 0 Å². The highest BCUT2D eigenvalue weighted by atomic mass is 16.5. The summed E-state index contributed by atoms with van der Waals surface area (Å²) in [5.41, 5.74) is 3.11. The number of carbonyl (C=O) groups excluding carboxylic acids is 1. The minimum Gasteiger partial charge on any atom is -0.490 e. The molecule has 1 aliphatic heterocycles. The molecule has 2 fully saturated rings. The van der Waals surface area contributed by atoms with Gasteiger partial charge in [0.1, 0.15) is 5.75 Å². The molecule has 4 rings (SSSR count). The Labute approximate surface area is 180 Å². The van der Waals surface area contributed by atoms with Crippen LogP contribution in [0.15, 0.2) is 48.5 Å². The Morgan fingerprint density at radius 2 is 1.70 bits per heavy atom. The Morgan fingerprint density at radius 3 is 2.43 bits per heavy atom. The second-order valence-electron chi connectivity index (χ2n) is 8.63. The quantitative estimate of drug-likeness (QED) is 0.760. The molecule has 5 heteroatoms. The molecule has 1 saturated carbocycles. The van der Waals surface area contributed by atoms with E-state index in [0.717, 1.165) is 56.9 Å². The first-order valence-corrected chi connectivity index (χ1v) is 11.2. The molecular weight excluding hydrogens is 374 g/mol. The van der Waals surface area contributed by atoms with E-state index in [1.54, 1.807) is 0 Å². The van der Waals surface area contributed by atoms with Gasteiger partial charge in [-0.25, -0.2) is 0 Å². The van der Waals surface area contributed by atoms with Crippen molar-refractivity contribution >= 4 is 5.91 Å². The van der Waals surface area contributed by atoms with Gasteiger partial charge in [0.2, 0.25) is 0 Å². The van der Waals surface area contributed by atoms with Gasteiger partial charge in [-0.1, -0.05) is 24.3 Å². The zero-order valence-electron chi connectivity index (χ0n) is 18.0. The van der Waals surface area contributed by atoms with Gasteiger partial charge in [0.05, 0.1) is 6.10 Å². The van der Waals surface area contributed by atoms with E-state index >= 15 is 0 Å². The fourth-order valence-electron chi connectivity index (χ4n) is 4.27. The van der Waals surface area contributed by atoms with E-state index in [1.807, 2.05) is 24.3 Å². The van der Waals surface area contributed by atoms with Crippen molar-refractivity contribution in [3.8, 4) is 5.75 Å². The highest BCUT2D eigenvalue weighted by Gasteiger charge is 2.17. The van der Waals surface area contributed by atoms with Crippen LogP contribution in [0.3, 0.4) is 0 Å². The SMILES string of the molecule is CN1CCN(Cc2cccc(CNC(=O)c3ccc(OC4CCCC4)cc3)c2)CC1. The lowest BCUT2D eigenvalue weighted by Crippen LogP contribution is -2.43. The average Bonchev–Trinajstić information content (AvgIpc) is 3.28. The van der Waals surface area contributed by atoms with Gasteiger partial charge in [-0.15, -0.1) is 0 Å². The molecule has 160 valence electrons. The first kappa shape index (κ1) is 20.9. The maximum atomic E-state index is 12.5. The molecule has 2 aromatic carbocycles. The van der Waals surface area contributed by atoms with Gasteiger partial charge in [-0.3, -0.25) is 9.69 Å². The van der Waals surface area contributed by atoms with Gasteiger partial charge in [0, 0.05) is 44.8 Å². The lowest BCUT2D eigenvalue weighted by Gasteiger charge is -2.32. The molecule has 0 bridgehead atoms. The van der Waals surface area contributed by atoms with Crippen LogP contribution in [0.2, 0.25) is 0 Å². The van der Waals surface area contributed by atoms with E-state index in [1.165, 1.54) is 18.4 Å². The molecule has 1 N–H and O–H groups in total. The Morgan fingerprint density at radius 1 is 1.00 bits per heavy atom. The molecule has 1 heterocycles. The normalized spacial score (nSPS) is 18.4. The second kappa shape index (κ2) is 10.1. The number of benzene rings is 2. The zero-order chi connectivity index (χ0) is 20.8. The van der Waals surface area contributed by atoms with E-state index in [-0.39, 0.29) is 5.91 Å². The van der Waals surface area contributed by atoms with Crippen LogP contribution in [0.4, 0.5) is 0 Å². The molecule has 5 nitrogen and oxygen atoms in total. The molecule has 0 spiro atoms. The topological polar surface area (TPSA) is 44.8 Å². The van der Waals surface area contributed by atoms with Crippen LogP contribution in [-0.2, 0) is 13.1 Å². The van der Waals surface area contributed by atoms with Gasteiger partial charge >= 0.3 is 0 Å². The summed E-state index contributed by atoms with van der Waals surface area (Å²) in [6.07, 6.45) is 5.11. The molecular formula is C25H33N3O2. The minimum atomic E-state index is -0.0492. The van der Waals surface area contributed by atoms with Gasteiger partial charge in [0.15, 0.2) is 0 Å². The molecule has 2 aliphatic rings. The monoisotopic (exact) mass is 407 g/mol. The summed E-state index contributed by atoms with van der Waals surface area (Å²) in [7, 11) is 2.18. The molecule has 1 amide bonds. The molecule has 1 saturated heterocycles. The van der Waals surface area contributed by atoms with Crippen LogP contribution in [0, 0.1) is 0 Å². The summed E-state index contributed by atoms with van der Waals surface area (Å²) in [6, 6.07) is 16.1. The highest BCUT2D eigenvalue weighted by Crippen LogP contribution is 2.24. The number of rotatable bonds is 7. The number of ether oxygens (including phenoxy) is 1. The van der Waals surface area contributed by atoms with Crippen molar-refractivity contribution in [3.05, 3.63) is 65.2 Å². The van der Waals surface area contributed by atoms with Gasteiger partial charge in [-0.05, 0) is 68.1 Å². The number of amides is 1. The van der Waals surface area contributed by atoms with Crippen molar-refractivity contribution in [3.63, 3.8) is 0 Å². The van der Waals surface area contributed by atoms with Crippen molar-refractivity contribution in [2.75, 3.05) is 33.2 Å². The van der Waals surface area contributed by atoms with E-state index in [2.05, 4.69) is 46.4 Å². The smallest absolute Gasteiger partial charge is 0.251 e. The van der Waals surface area contributed by atoms with Crippen LogP contribution in [0.1, 0.15) is 47.2 Å². The number of nitrogens with one attached hydrogen (secondary N) is 1. The van der Waals surface area contributed by atoms with Crippen LogP contribution in [0.5, 0.6) is 5.75 Å². The van der Waals surface area contributed by atoms with Crippen LogP contribution in [0.25, 0.3) is 0 Å². The molecule has 1 aliphatic carbocycles. The number of piperazine rings is 1. The van der Waals surface area contributed by atoms with Crippen LogP contribution in [-0.4, -0.2) is 55.0 Å². The van der Waals surface area contributed by atoms with Crippen molar-refractivity contribution in [1.29, 1.82) is 0 Å². The highest BCUT2D eigenvalue weighted by molar-refractivity contribution is 5.94. The lowest BCUT2D eigenvalue weighted by molar-refractivity contribution is 0.0951. The fourth-order valence-corrected chi connectivity index (χ4v) is 4.27. The molecule has 0 atom stereocenters. The number of hydrogen-bond acceptors (Lipinski definition) is 4. The Kier molecular flexibility index (Phi) is 7.03. The molecule has 2 aromatic rings. The predicted molar refractivity (Wildman–Crippen MR) is 120 cm³/mol. The number of nitrogens with zero attached hydrogens (tertiary/aromatic N) is 2. The molecule has 0 unspecified atom stereocenters. The van der Waals surface area contributed by atoms with Gasteiger partial charge in [0.25, 0.3) is 5.91 Å². The van der Waals surface area contributed by atoms with Crippen molar-refractivity contribution in [2.24, 2.45) is 0 Å². The summed E-state index contributed by atoms with van der Waals surface area (Å²) in [5, 5.41) is 3.04. The largest absolute Gasteiger partial charge is 0.490 e. The third-order valence-corrected chi connectivity index (χ3v) is 6.17. The van der Waals surface area contributed by atoms with Crippen molar-refractivity contribution < 1.29 is 9.53 Å². The maximum Gasteiger partial charge on any atom is 0.251 e. The fraction of sp³-hybridized carbons (Fsp3) is 0.480. The molecule has 0 aromatic heterocycles. The first-order valence-electron chi connectivity index (χ1n) is 11.2. The third kappa shape index (κ3) is 5.83. The molecule has 30 heavy (non-hydrogen) atoms. The lowest BCUT2D eigenvalue weighted by atomic mass is 10.1. The van der Waals surface area contributed by atoms with E-state index in [4.69, 9.17) is 4.74 Å². The Balaban J connectivity index is 1.27. The zero-order valence-corrected chi connectivity index (χ0v) is 18.0. The Hall–Kier alpha value is -2.37. The number of hydrogen-bond donors (Lipinski definition) is 1. The summed E-state index contributed by atoms with van der Waals surface area (Å²) >= 11 is 0. The predicted octanol–water partition coefficient (Wildman–Crippen LogP) is 3.69. The van der Waals surface area contributed by atoms with E-state index < -0.39 is 0 Å². The van der Waals surface area contributed by atoms with Crippen molar-refractivity contribution in [2.45, 2.75) is 44.9 Å². The summed E-state index contributed by atoms with van der Waals surface area (Å²) in [6.45, 7) is 5.98. The number of likely N-dealkylation sites (N-methyl/N-ethyl adjacent to an activating group) is 1. The van der Waals surface area contributed by atoms with E-state index in [0.29, 0.717) is 18.2 Å². The van der Waals surface area contributed by atoms with Crippen LogP contribution < -0.4 is 10.1 Å². The number of carbonyl (C=O) groups is 1. The van der Waals surface area contributed by atoms with Crippen molar-refractivity contribution in [1.82, 2.24) is 15.1 Å². The first-order chi connectivity index (χ1) is 14.7. The summed E-state index contributed by atoms with van der Waals surface area (Å²) < 4.78 is 5.98. The third-order valence-electron chi connectivity index (χ3n) is 6.17. The minimum absolute atomic E-state index is 0.0492. The summed E-state index contributed by atoms with van der Waals surface area (Å²) in [4.78, 5) is 17.4. The Bertz CT molecular complexity index is 823.